The predicted molar refractivity (Wildman–Crippen MR) is 171 cm³/mol. The van der Waals surface area contributed by atoms with Gasteiger partial charge in [-0.3, -0.25) is 19.3 Å². The van der Waals surface area contributed by atoms with E-state index in [0.29, 0.717) is 71.5 Å². The van der Waals surface area contributed by atoms with Crippen molar-refractivity contribution in [2.24, 2.45) is 0 Å². The van der Waals surface area contributed by atoms with Crippen molar-refractivity contribution < 1.29 is 23.9 Å². The molecule has 0 radical (unpaired) electrons. The lowest BCUT2D eigenvalue weighted by molar-refractivity contribution is -0.160. The lowest BCUT2D eigenvalue weighted by Crippen LogP contribution is -2.54. The van der Waals surface area contributed by atoms with Crippen LogP contribution in [0.3, 0.4) is 0 Å². The van der Waals surface area contributed by atoms with Crippen LogP contribution in [0.15, 0.2) is 84.1 Å². The summed E-state index contributed by atoms with van der Waals surface area (Å²) in [5, 5.41) is 4.37. The Morgan fingerprint density at radius 3 is 2.32 bits per heavy atom. The molecule has 3 aromatic rings. The third-order valence-corrected chi connectivity index (χ3v) is 9.29. The van der Waals surface area contributed by atoms with Crippen LogP contribution >= 0.6 is 23.2 Å². The summed E-state index contributed by atoms with van der Waals surface area (Å²) in [5.74, 6) is -1.49. The summed E-state index contributed by atoms with van der Waals surface area (Å²) in [6, 6.07) is 22.0. The van der Waals surface area contributed by atoms with E-state index in [-0.39, 0.29) is 11.8 Å². The van der Waals surface area contributed by atoms with Gasteiger partial charge in [0.15, 0.2) is 0 Å². The van der Waals surface area contributed by atoms with Crippen LogP contribution in [0.4, 0.5) is 5.69 Å². The minimum Gasteiger partial charge on any atom is -0.468 e. The summed E-state index contributed by atoms with van der Waals surface area (Å²) in [4.78, 5) is 44.3. The van der Waals surface area contributed by atoms with Gasteiger partial charge in [-0.2, -0.15) is 0 Å². The van der Waals surface area contributed by atoms with Gasteiger partial charge in [0, 0.05) is 61.5 Å². The first-order valence-electron chi connectivity index (χ1n) is 14.4. The number of amides is 1. The van der Waals surface area contributed by atoms with Crippen LogP contribution in [0.25, 0.3) is 0 Å². The molecule has 2 aliphatic heterocycles. The number of carbonyl (C=O) groups is 3. The highest BCUT2D eigenvalue weighted by molar-refractivity contribution is 6.42. The number of benzene rings is 3. The fourth-order valence-electron chi connectivity index (χ4n) is 6.28. The van der Waals surface area contributed by atoms with Gasteiger partial charge in [-0.05, 0) is 54.4 Å². The monoisotopic (exact) mass is 635 g/mol. The molecule has 0 fully saturated rings. The van der Waals surface area contributed by atoms with E-state index in [1.54, 1.807) is 42.3 Å². The van der Waals surface area contributed by atoms with E-state index >= 15 is 0 Å². The zero-order valence-electron chi connectivity index (χ0n) is 24.9. The fourth-order valence-corrected chi connectivity index (χ4v) is 6.58. The first-order valence-corrected chi connectivity index (χ1v) is 15.2. The lowest BCUT2D eigenvalue weighted by atomic mass is 9.69. The second kappa shape index (κ2) is 13.4. The van der Waals surface area contributed by atoms with Crippen molar-refractivity contribution in [2.75, 3.05) is 52.8 Å². The standard InChI is InChI=1S/C34H35Cl2N3O5/c1-38(31(40)22-9-5-4-6-10-22)20-24(23-13-14-27(35)28(36)19-23)15-17-39-18-16-30-26(21-39)34(32(41)43-2,33(42)44-3)25-11-7-8-12-29(25)37-30/h4-14,19,24,37H,15-18,20-21H2,1-3H3. The molecule has 2 heterocycles. The van der Waals surface area contributed by atoms with Gasteiger partial charge in [-0.25, -0.2) is 0 Å². The van der Waals surface area contributed by atoms with Gasteiger partial charge in [0.05, 0.1) is 24.3 Å². The number of fused-ring (bicyclic) bond motifs is 1. The lowest BCUT2D eigenvalue weighted by Gasteiger charge is -2.43. The number of methoxy groups -OCH3 is 2. The van der Waals surface area contributed by atoms with Crippen molar-refractivity contribution in [2.45, 2.75) is 24.2 Å². The molecular formula is C34H35Cl2N3O5. The van der Waals surface area contributed by atoms with Crippen LogP contribution in [0.1, 0.15) is 40.2 Å². The second-order valence-corrected chi connectivity index (χ2v) is 11.9. The number of esters is 2. The number of para-hydroxylation sites is 1. The number of hydrogen-bond donors (Lipinski definition) is 1. The van der Waals surface area contributed by atoms with Crippen molar-refractivity contribution in [3.8, 4) is 0 Å². The third kappa shape index (κ3) is 5.94. The minimum absolute atomic E-state index is 0.0611. The Bertz CT molecular complexity index is 1580. The average molecular weight is 637 g/mol. The van der Waals surface area contributed by atoms with Crippen molar-refractivity contribution in [1.29, 1.82) is 0 Å². The number of likely N-dealkylation sites (N-methyl/N-ethyl adjacent to an activating group) is 1. The largest absolute Gasteiger partial charge is 0.468 e. The Morgan fingerprint density at radius 2 is 1.64 bits per heavy atom. The van der Waals surface area contributed by atoms with Gasteiger partial charge in [-0.15, -0.1) is 0 Å². The zero-order chi connectivity index (χ0) is 31.4. The molecule has 0 bridgehead atoms. The summed E-state index contributed by atoms with van der Waals surface area (Å²) < 4.78 is 10.5. The first-order chi connectivity index (χ1) is 21.2. The van der Waals surface area contributed by atoms with Gasteiger partial charge < -0.3 is 19.7 Å². The highest BCUT2D eigenvalue weighted by Gasteiger charge is 2.57. The molecular weight excluding hydrogens is 601 g/mol. The topological polar surface area (TPSA) is 88.2 Å². The normalized spacial score (nSPS) is 16.2. The van der Waals surface area contributed by atoms with Crippen LogP contribution < -0.4 is 5.32 Å². The number of anilines is 1. The van der Waals surface area contributed by atoms with Crippen molar-refractivity contribution in [1.82, 2.24) is 9.80 Å². The van der Waals surface area contributed by atoms with Crippen molar-refractivity contribution >= 4 is 46.7 Å². The summed E-state index contributed by atoms with van der Waals surface area (Å²) in [5.41, 5.74) is 2.51. The molecule has 10 heteroatoms. The van der Waals surface area contributed by atoms with Gasteiger partial charge in [0.2, 0.25) is 5.41 Å². The van der Waals surface area contributed by atoms with Crippen molar-refractivity contribution in [3.05, 3.63) is 111 Å². The molecule has 1 unspecified atom stereocenters. The van der Waals surface area contributed by atoms with Crippen molar-refractivity contribution in [3.63, 3.8) is 0 Å². The SMILES string of the molecule is COC(=O)C1(C(=O)OC)C2=C(CCN(CCC(CN(C)C(=O)c3ccccc3)c3ccc(Cl)c(Cl)c3)C2)Nc2ccccc21. The number of nitrogens with one attached hydrogen (secondary N) is 1. The number of rotatable bonds is 9. The van der Waals surface area contributed by atoms with E-state index in [0.717, 1.165) is 11.3 Å². The average Bonchev–Trinajstić information content (AvgIpc) is 3.06. The summed E-state index contributed by atoms with van der Waals surface area (Å²) in [6.45, 7) is 2.15. The molecule has 0 spiro atoms. The van der Waals surface area contributed by atoms with E-state index < -0.39 is 17.4 Å². The molecule has 0 saturated heterocycles. The molecule has 0 aromatic heterocycles. The maximum atomic E-state index is 13.6. The van der Waals surface area contributed by atoms with Gasteiger partial charge in [0.1, 0.15) is 0 Å². The number of carbonyl (C=O) groups excluding carboxylic acids is 3. The summed E-state index contributed by atoms with van der Waals surface area (Å²) in [6.07, 6.45) is 1.28. The van der Waals surface area contributed by atoms with E-state index in [1.807, 2.05) is 42.5 Å². The molecule has 0 aliphatic carbocycles. The van der Waals surface area contributed by atoms with E-state index in [9.17, 15) is 14.4 Å². The smallest absolute Gasteiger partial charge is 0.332 e. The number of halogens is 2. The molecule has 3 aromatic carbocycles. The Morgan fingerprint density at radius 1 is 0.955 bits per heavy atom. The quantitative estimate of drug-likeness (QED) is 0.231. The Labute approximate surface area is 267 Å². The number of nitrogens with zero attached hydrogens (tertiary/aromatic N) is 2. The highest BCUT2D eigenvalue weighted by atomic mass is 35.5. The molecule has 2 aliphatic rings. The zero-order valence-corrected chi connectivity index (χ0v) is 26.5. The maximum Gasteiger partial charge on any atom is 0.332 e. The summed E-state index contributed by atoms with van der Waals surface area (Å²) in [7, 11) is 4.37. The van der Waals surface area contributed by atoms with Gasteiger partial charge in [0.25, 0.3) is 5.91 Å². The van der Waals surface area contributed by atoms with Crippen LogP contribution in [-0.4, -0.2) is 75.1 Å². The maximum absolute atomic E-state index is 13.6. The molecule has 1 N–H and O–H groups in total. The van der Waals surface area contributed by atoms with E-state index in [1.165, 1.54) is 14.2 Å². The minimum atomic E-state index is -1.72. The Kier molecular flexibility index (Phi) is 9.63. The third-order valence-electron chi connectivity index (χ3n) is 8.55. The van der Waals surface area contributed by atoms with Gasteiger partial charge >= 0.3 is 11.9 Å². The molecule has 44 heavy (non-hydrogen) atoms. The predicted octanol–water partition coefficient (Wildman–Crippen LogP) is 5.91. The van der Waals surface area contributed by atoms with Crippen LogP contribution in [0, 0.1) is 0 Å². The fraction of sp³-hybridized carbons (Fsp3) is 0.324. The van der Waals surface area contributed by atoms with Crippen LogP contribution in [-0.2, 0) is 24.5 Å². The highest BCUT2D eigenvalue weighted by Crippen LogP contribution is 2.46. The van der Waals surface area contributed by atoms with Crippen LogP contribution in [0.2, 0.25) is 10.0 Å². The first kappa shape index (κ1) is 31.6. The molecule has 8 nitrogen and oxygen atoms in total. The molecule has 1 amide bonds. The van der Waals surface area contributed by atoms with E-state index in [4.69, 9.17) is 32.7 Å². The second-order valence-electron chi connectivity index (χ2n) is 11.1. The number of hydrogen-bond acceptors (Lipinski definition) is 7. The Hall–Kier alpha value is -3.85. The molecule has 5 rings (SSSR count). The Balaban J connectivity index is 1.42. The molecule has 230 valence electrons. The number of ether oxygens (including phenoxy) is 2. The molecule has 0 saturated carbocycles. The van der Waals surface area contributed by atoms with Crippen LogP contribution in [0.5, 0.6) is 0 Å². The summed E-state index contributed by atoms with van der Waals surface area (Å²) >= 11 is 12.6. The molecule has 1 atom stereocenters. The van der Waals surface area contributed by atoms with E-state index in [2.05, 4.69) is 10.2 Å². The van der Waals surface area contributed by atoms with Gasteiger partial charge in [-0.1, -0.05) is 65.7 Å².